The van der Waals surface area contributed by atoms with Gasteiger partial charge >= 0.3 is 0 Å². The molecule has 2 aromatic heterocycles. The molecule has 0 radical (unpaired) electrons. The van der Waals surface area contributed by atoms with Crippen LogP contribution in [0.5, 0.6) is 0 Å². The number of nitrogens with one attached hydrogen (secondary N) is 1. The fourth-order valence-electron chi connectivity index (χ4n) is 2.27. The molecule has 0 aliphatic heterocycles. The Hall–Kier alpha value is -1.68. The van der Waals surface area contributed by atoms with Crippen molar-refractivity contribution < 1.29 is 0 Å². The molecule has 1 saturated carbocycles. The summed E-state index contributed by atoms with van der Waals surface area (Å²) in [5.74, 6) is 0.689. The first-order valence-corrected chi connectivity index (χ1v) is 6.58. The molecule has 4 heteroatoms. The molecule has 1 N–H and O–H groups in total. The van der Waals surface area contributed by atoms with E-state index in [1.165, 1.54) is 24.1 Å². The van der Waals surface area contributed by atoms with Crippen molar-refractivity contribution in [2.45, 2.75) is 32.2 Å². The van der Waals surface area contributed by atoms with Crippen molar-refractivity contribution in [2.75, 3.05) is 6.54 Å². The van der Waals surface area contributed by atoms with E-state index in [0.29, 0.717) is 5.92 Å². The highest BCUT2D eigenvalue weighted by Crippen LogP contribution is 2.42. The van der Waals surface area contributed by atoms with Crippen LogP contribution in [0.2, 0.25) is 0 Å². The van der Waals surface area contributed by atoms with Gasteiger partial charge in [0.05, 0.1) is 17.6 Å². The smallest absolute Gasteiger partial charge is 0.0679 e. The summed E-state index contributed by atoms with van der Waals surface area (Å²) in [6.07, 6.45) is 8.21. The molecule has 2 aromatic rings. The van der Waals surface area contributed by atoms with E-state index in [1.807, 2.05) is 30.7 Å². The molecule has 1 aliphatic carbocycles. The maximum Gasteiger partial charge on any atom is 0.0679 e. The van der Waals surface area contributed by atoms with Crippen molar-refractivity contribution in [3.8, 4) is 5.69 Å². The van der Waals surface area contributed by atoms with Gasteiger partial charge in [-0.25, -0.2) is 4.68 Å². The van der Waals surface area contributed by atoms with Crippen LogP contribution in [-0.2, 0) is 6.54 Å². The van der Waals surface area contributed by atoms with Gasteiger partial charge in [0.15, 0.2) is 0 Å². The van der Waals surface area contributed by atoms with Crippen LogP contribution in [0.1, 0.15) is 36.9 Å². The third-order valence-corrected chi connectivity index (χ3v) is 3.32. The minimum Gasteiger partial charge on any atom is -0.313 e. The van der Waals surface area contributed by atoms with Gasteiger partial charge in [0.2, 0.25) is 0 Å². The molecule has 1 aliphatic rings. The summed E-state index contributed by atoms with van der Waals surface area (Å²) in [4.78, 5) is 4.06. The zero-order valence-corrected chi connectivity index (χ0v) is 10.6. The molecule has 0 spiro atoms. The van der Waals surface area contributed by atoms with Gasteiger partial charge in [-0.15, -0.1) is 0 Å². The van der Waals surface area contributed by atoms with Gasteiger partial charge in [-0.1, -0.05) is 6.92 Å². The second kappa shape index (κ2) is 4.90. The number of aromatic nitrogens is 3. The molecule has 0 bridgehead atoms. The Kier molecular flexibility index (Phi) is 3.11. The second-order valence-corrected chi connectivity index (χ2v) is 4.73. The number of rotatable bonds is 5. The first-order chi connectivity index (χ1) is 8.90. The molecule has 0 atom stereocenters. The van der Waals surface area contributed by atoms with Gasteiger partial charge in [-0.3, -0.25) is 4.98 Å². The number of hydrogen-bond acceptors (Lipinski definition) is 3. The Bertz CT molecular complexity index is 514. The lowest BCUT2D eigenvalue weighted by atomic mass is 10.1. The van der Waals surface area contributed by atoms with Crippen molar-refractivity contribution in [1.29, 1.82) is 0 Å². The van der Waals surface area contributed by atoms with E-state index in [1.54, 1.807) is 0 Å². The molecule has 0 aromatic carbocycles. The fraction of sp³-hybridized carbons (Fsp3) is 0.429. The van der Waals surface area contributed by atoms with Crippen LogP contribution in [0.3, 0.4) is 0 Å². The van der Waals surface area contributed by atoms with Crippen LogP contribution >= 0.6 is 0 Å². The first kappa shape index (κ1) is 11.4. The van der Waals surface area contributed by atoms with Gasteiger partial charge in [0.25, 0.3) is 0 Å². The van der Waals surface area contributed by atoms with Crippen molar-refractivity contribution in [3.63, 3.8) is 0 Å². The highest BCUT2D eigenvalue weighted by Gasteiger charge is 2.30. The minimum absolute atomic E-state index is 0.689. The van der Waals surface area contributed by atoms with Crippen LogP contribution < -0.4 is 5.32 Å². The van der Waals surface area contributed by atoms with Crippen LogP contribution in [0, 0.1) is 0 Å². The topological polar surface area (TPSA) is 42.7 Å². The Morgan fingerprint density at radius 1 is 1.33 bits per heavy atom. The summed E-state index contributed by atoms with van der Waals surface area (Å²) in [7, 11) is 0. The van der Waals surface area contributed by atoms with Crippen LogP contribution in [0.4, 0.5) is 0 Å². The Morgan fingerprint density at radius 3 is 2.78 bits per heavy atom. The molecule has 0 unspecified atom stereocenters. The number of nitrogens with zero attached hydrogens (tertiary/aromatic N) is 3. The number of pyridine rings is 1. The number of hydrogen-bond donors (Lipinski definition) is 1. The van der Waals surface area contributed by atoms with Crippen molar-refractivity contribution in [2.24, 2.45) is 0 Å². The normalized spacial score (nSPS) is 14.9. The summed E-state index contributed by atoms with van der Waals surface area (Å²) in [6, 6.07) is 4.02. The van der Waals surface area contributed by atoms with E-state index in [4.69, 9.17) is 0 Å². The zero-order valence-electron chi connectivity index (χ0n) is 10.6. The highest BCUT2D eigenvalue weighted by molar-refractivity contribution is 5.36. The van der Waals surface area contributed by atoms with E-state index in [9.17, 15) is 0 Å². The maximum absolute atomic E-state index is 4.55. The molecule has 0 amide bonds. The lowest BCUT2D eigenvalue weighted by Gasteiger charge is -2.08. The van der Waals surface area contributed by atoms with Gasteiger partial charge in [-0.2, -0.15) is 5.10 Å². The van der Waals surface area contributed by atoms with E-state index in [-0.39, 0.29) is 0 Å². The average Bonchev–Trinajstić information content (AvgIpc) is 3.17. The third-order valence-electron chi connectivity index (χ3n) is 3.32. The lowest BCUT2D eigenvalue weighted by molar-refractivity contribution is 0.714. The molecule has 18 heavy (non-hydrogen) atoms. The zero-order chi connectivity index (χ0) is 12.4. The maximum atomic E-state index is 4.55. The third kappa shape index (κ3) is 2.16. The van der Waals surface area contributed by atoms with Crippen molar-refractivity contribution in [1.82, 2.24) is 20.1 Å². The molecular weight excluding hydrogens is 224 g/mol. The highest BCUT2D eigenvalue weighted by atomic mass is 15.3. The van der Waals surface area contributed by atoms with Gasteiger partial charge < -0.3 is 5.32 Å². The monoisotopic (exact) mass is 242 g/mol. The van der Waals surface area contributed by atoms with Gasteiger partial charge in [-0.05, 0) is 31.5 Å². The Labute approximate surface area is 107 Å². The molecule has 94 valence electrons. The molecule has 1 fully saturated rings. The van der Waals surface area contributed by atoms with E-state index < -0.39 is 0 Å². The molecule has 2 heterocycles. The molecule has 3 rings (SSSR count). The van der Waals surface area contributed by atoms with Crippen LogP contribution in [-0.4, -0.2) is 21.3 Å². The predicted molar refractivity (Wildman–Crippen MR) is 70.7 cm³/mol. The van der Waals surface area contributed by atoms with E-state index >= 15 is 0 Å². The SMILES string of the molecule is CCNCc1cnn(-c2ccncc2)c1C1CC1. The molecule has 4 nitrogen and oxygen atoms in total. The average molecular weight is 242 g/mol. The van der Waals surface area contributed by atoms with Gasteiger partial charge in [0.1, 0.15) is 0 Å². The standard InChI is InChI=1S/C14H18N4/c1-2-15-9-12-10-17-18(14(12)11-3-4-11)13-5-7-16-8-6-13/h5-8,10-11,15H,2-4,9H2,1H3. The largest absolute Gasteiger partial charge is 0.313 e. The summed E-state index contributed by atoms with van der Waals surface area (Å²) in [5.41, 5.74) is 3.81. The van der Waals surface area contributed by atoms with Crippen LogP contribution in [0.15, 0.2) is 30.7 Å². The summed E-state index contributed by atoms with van der Waals surface area (Å²) < 4.78 is 2.08. The van der Waals surface area contributed by atoms with Crippen LogP contribution in [0.25, 0.3) is 5.69 Å². The summed E-state index contributed by atoms with van der Waals surface area (Å²) in [6.45, 7) is 4.03. The predicted octanol–water partition coefficient (Wildman–Crippen LogP) is 2.25. The Morgan fingerprint density at radius 2 is 2.11 bits per heavy atom. The fourth-order valence-corrected chi connectivity index (χ4v) is 2.27. The van der Waals surface area contributed by atoms with Crippen molar-refractivity contribution in [3.05, 3.63) is 42.0 Å². The van der Waals surface area contributed by atoms with E-state index in [2.05, 4.69) is 27.0 Å². The van der Waals surface area contributed by atoms with E-state index in [0.717, 1.165) is 18.8 Å². The second-order valence-electron chi connectivity index (χ2n) is 4.73. The quantitative estimate of drug-likeness (QED) is 0.874. The summed E-state index contributed by atoms with van der Waals surface area (Å²) >= 11 is 0. The summed E-state index contributed by atoms with van der Waals surface area (Å²) in [5, 5.41) is 7.94. The molecular formula is C14H18N4. The minimum atomic E-state index is 0.689. The molecule has 0 saturated heterocycles. The first-order valence-electron chi connectivity index (χ1n) is 6.58. The lowest BCUT2D eigenvalue weighted by Crippen LogP contribution is -2.13. The Balaban J connectivity index is 1.97. The van der Waals surface area contributed by atoms with Gasteiger partial charge in [0, 0.05) is 30.4 Å². The van der Waals surface area contributed by atoms with Crippen molar-refractivity contribution >= 4 is 0 Å².